The summed E-state index contributed by atoms with van der Waals surface area (Å²) >= 11 is 0. The number of carbonyl (C=O) groups excluding carboxylic acids is 4. The highest BCUT2D eigenvalue weighted by atomic mass is 16.5. The molecule has 0 spiro atoms. The van der Waals surface area contributed by atoms with Crippen LogP contribution in [0.5, 0.6) is 0 Å². The molecule has 7 nitrogen and oxygen atoms in total. The number of rotatable bonds is 6. The predicted molar refractivity (Wildman–Crippen MR) is 119 cm³/mol. The Balaban J connectivity index is 1.46. The summed E-state index contributed by atoms with van der Waals surface area (Å²) in [6.45, 7) is 2.89. The molecule has 1 aliphatic rings. The van der Waals surface area contributed by atoms with E-state index in [1.165, 1.54) is 0 Å². The van der Waals surface area contributed by atoms with Gasteiger partial charge in [-0.1, -0.05) is 62.4 Å². The molecule has 1 N–H and O–H groups in total. The fraction of sp³-hybridized carbons (Fsp3) is 0.200. The van der Waals surface area contributed by atoms with E-state index in [1.54, 1.807) is 44.2 Å². The van der Waals surface area contributed by atoms with E-state index in [0.29, 0.717) is 5.69 Å². The molecule has 0 aliphatic carbocycles. The van der Waals surface area contributed by atoms with Gasteiger partial charge in [0.05, 0.1) is 11.1 Å². The van der Waals surface area contributed by atoms with E-state index in [9.17, 15) is 19.2 Å². The summed E-state index contributed by atoms with van der Waals surface area (Å²) in [4.78, 5) is 51.8. The fourth-order valence-electron chi connectivity index (χ4n) is 3.88. The van der Waals surface area contributed by atoms with Crippen molar-refractivity contribution < 1.29 is 23.9 Å². The Hall–Kier alpha value is -4.00. The number of benzene rings is 3. The normalized spacial score (nSPS) is 13.9. The molecule has 0 fully saturated rings. The molecule has 32 heavy (non-hydrogen) atoms. The molecule has 4 rings (SSSR count). The molecule has 3 amide bonds. The number of amides is 3. The van der Waals surface area contributed by atoms with Crippen molar-refractivity contribution in [1.82, 2.24) is 4.90 Å². The van der Waals surface area contributed by atoms with Gasteiger partial charge >= 0.3 is 5.97 Å². The first kappa shape index (κ1) is 21.2. The second kappa shape index (κ2) is 8.63. The number of nitrogens with one attached hydrogen (secondary N) is 1. The maximum absolute atomic E-state index is 12.8. The fourth-order valence-corrected chi connectivity index (χ4v) is 3.88. The van der Waals surface area contributed by atoms with Gasteiger partial charge in [0, 0.05) is 11.1 Å². The molecule has 1 atom stereocenters. The topological polar surface area (TPSA) is 92.8 Å². The SMILES string of the molecule is CC(C)[C@H](C(=O)OCC(=O)Nc1cccc2ccccc12)N1C(=O)c2ccccc2C1=O. The van der Waals surface area contributed by atoms with E-state index in [4.69, 9.17) is 4.74 Å². The van der Waals surface area contributed by atoms with Crippen LogP contribution in [0.4, 0.5) is 5.69 Å². The van der Waals surface area contributed by atoms with Crippen LogP contribution in [-0.4, -0.2) is 41.2 Å². The van der Waals surface area contributed by atoms with Crippen molar-refractivity contribution >= 4 is 40.2 Å². The first-order chi connectivity index (χ1) is 15.4. The maximum Gasteiger partial charge on any atom is 0.330 e. The van der Waals surface area contributed by atoms with Crippen molar-refractivity contribution in [2.75, 3.05) is 11.9 Å². The van der Waals surface area contributed by atoms with Crippen LogP contribution >= 0.6 is 0 Å². The van der Waals surface area contributed by atoms with Gasteiger partial charge < -0.3 is 10.1 Å². The lowest BCUT2D eigenvalue weighted by molar-refractivity contribution is -0.152. The molecule has 1 heterocycles. The van der Waals surface area contributed by atoms with Crippen molar-refractivity contribution in [1.29, 1.82) is 0 Å². The molecule has 0 saturated carbocycles. The first-order valence-corrected chi connectivity index (χ1v) is 10.3. The molecule has 0 bridgehead atoms. The van der Waals surface area contributed by atoms with Gasteiger partial charge in [-0.25, -0.2) is 4.79 Å². The molecular formula is C25H22N2O5. The molecule has 0 radical (unpaired) electrons. The number of imide groups is 1. The van der Waals surface area contributed by atoms with Gasteiger partial charge in [0.15, 0.2) is 6.61 Å². The van der Waals surface area contributed by atoms with E-state index in [-0.39, 0.29) is 11.1 Å². The van der Waals surface area contributed by atoms with Crippen LogP contribution in [0.2, 0.25) is 0 Å². The number of anilines is 1. The smallest absolute Gasteiger partial charge is 0.330 e. The lowest BCUT2D eigenvalue weighted by Crippen LogP contribution is -2.49. The zero-order valence-corrected chi connectivity index (χ0v) is 17.7. The summed E-state index contributed by atoms with van der Waals surface area (Å²) in [7, 11) is 0. The van der Waals surface area contributed by atoms with Crippen LogP contribution in [-0.2, 0) is 14.3 Å². The third kappa shape index (κ3) is 3.85. The largest absolute Gasteiger partial charge is 0.454 e. The van der Waals surface area contributed by atoms with Gasteiger partial charge in [-0.2, -0.15) is 0 Å². The predicted octanol–water partition coefficient (Wildman–Crippen LogP) is 3.64. The standard InChI is InChI=1S/C25H22N2O5/c1-15(2)22(27-23(29)18-11-5-6-12-19(18)24(27)30)25(31)32-14-21(28)26-20-13-7-9-16-8-3-4-10-17(16)20/h3-13,15,22H,14H2,1-2H3,(H,26,28)/t22-/m1/s1. The number of ether oxygens (including phenoxy) is 1. The number of hydrogen-bond acceptors (Lipinski definition) is 5. The molecule has 3 aromatic rings. The Kier molecular flexibility index (Phi) is 5.73. The van der Waals surface area contributed by atoms with E-state index in [0.717, 1.165) is 15.7 Å². The van der Waals surface area contributed by atoms with Crippen molar-refractivity contribution in [3.05, 3.63) is 77.9 Å². The molecule has 0 unspecified atom stereocenters. The average molecular weight is 430 g/mol. The van der Waals surface area contributed by atoms with Crippen molar-refractivity contribution in [3.63, 3.8) is 0 Å². The average Bonchev–Trinajstić information content (AvgIpc) is 3.03. The maximum atomic E-state index is 12.8. The van der Waals surface area contributed by atoms with E-state index < -0.39 is 42.3 Å². The Morgan fingerprint density at radius 2 is 1.47 bits per heavy atom. The summed E-state index contributed by atoms with van der Waals surface area (Å²) in [5.74, 6) is -2.80. The number of carbonyl (C=O) groups is 4. The van der Waals surface area contributed by atoms with Crippen LogP contribution in [0.15, 0.2) is 66.7 Å². The highest BCUT2D eigenvalue weighted by Crippen LogP contribution is 2.28. The van der Waals surface area contributed by atoms with Crippen molar-refractivity contribution in [2.45, 2.75) is 19.9 Å². The van der Waals surface area contributed by atoms with Gasteiger partial charge in [0.2, 0.25) is 0 Å². The number of esters is 1. The summed E-state index contributed by atoms with van der Waals surface area (Å²) in [6.07, 6.45) is 0. The van der Waals surface area contributed by atoms with Gasteiger partial charge in [-0.15, -0.1) is 0 Å². The summed E-state index contributed by atoms with van der Waals surface area (Å²) < 4.78 is 5.22. The van der Waals surface area contributed by atoms with E-state index in [2.05, 4.69) is 5.32 Å². The van der Waals surface area contributed by atoms with Crippen LogP contribution < -0.4 is 5.32 Å². The Morgan fingerprint density at radius 1 is 0.875 bits per heavy atom. The minimum Gasteiger partial charge on any atom is -0.454 e. The zero-order chi connectivity index (χ0) is 22.8. The lowest BCUT2D eigenvalue weighted by Gasteiger charge is -2.27. The number of nitrogens with zero attached hydrogens (tertiary/aromatic N) is 1. The second-order valence-electron chi connectivity index (χ2n) is 7.90. The zero-order valence-electron chi connectivity index (χ0n) is 17.7. The molecular weight excluding hydrogens is 408 g/mol. The molecule has 3 aromatic carbocycles. The molecule has 7 heteroatoms. The van der Waals surface area contributed by atoms with Gasteiger partial charge in [0.25, 0.3) is 17.7 Å². The van der Waals surface area contributed by atoms with Crippen LogP contribution in [0.3, 0.4) is 0 Å². The lowest BCUT2D eigenvalue weighted by atomic mass is 10.0. The van der Waals surface area contributed by atoms with Crippen molar-refractivity contribution in [2.24, 2.45) is 5.92 Å². The Labute approximate surface area is 185 Å². The highest BCUT2D eigenvalue weighted by Gasteiger charge is 2.44. The Bertz CT molecular complexity index is 1190. The summed E-state index contributed by atoms with van der Waals surface area (Å²) in [6, 6.07) is 18.4. The monoisotopic (exact) mass is 430 g/mol. The number of fused-ring (bicyclic) bond motifs is 2. The van der Waals surface area contributed by atoms with Crippen molar-refractivity contribution in [3.8, 4) is 0 Å². The third-order valence-corrected chi connectivity index (χ3v) is 5.39. The van der Waals surface area contributed by atoms with Crippen LogP contribution in [0.25, 0.3) is 10.8 Å². The molecule has 162 valence electrons. The minimum absolute atomic E-state index is 0.254. The van der Waals surface area contributed by atoms with Crippen LogP contribution in [0, 0.1) is 5.92 Å². The molecule has 1 aliphatic heterocycles. The quantitative estimate of drug-likeness (QED) is 0.476. The van der Waals surface area contributed by atoms with Gasteiger partial charge in [-0.05, 0) is 29.5 Å². The van der Waals surface area contributed by atoms with Crippen LogP contribution in [0.1, 0.15) is 34.6 Å². The van der Waals surface area contributed by atoms with E-state index >= 15 is 0 Å². The first-order valence-electron chi connectivity index (χ1n) is 10.3. The van der Waals surface area contributed by atoms with Gasteiger partial charge in [0.1, 0.15) is 6.04 Å². The highest BCUT2D eigenvalue weighted by molar-refractivity contribution is 6.22. The second-order valence-corrected chi connectivity index (χ2v) is 7.90. The summed E-state index contributed by atoms with van der Waals surface area (Å²) in [5, 5.41) is 4.57. The minimum atomic E-state index is -1.13. The molecule has 0 saturated heterocycles. The van der Waals surface area contributed by atoms with E-state index in [1.807, 2.05) is 36.4 Å². The summed E-state index contributed by atoms with van der Waals surface area (Å²) in [5.41, 5.74) is 1.11. The number of hydrogen-bond donors (Lipinski definition) is 1. The van der Waals surface area contributed by atoms with Gasteiger partial charge in [-0.3, -0.25) is 19.3 Å². The molecule has 0 aromatic heterocycles. The Morgan fingerprint density at radius 3 is 2.12 bits per heavy atom. The third-order valence-electron chi connectivity index (χ3n) is 5.39.